The Bertz CT molecular complexity index is 1440. The van der Waals surface area contributed by atoms with Gasteiger partial charge in [-0.25, -0.2) is 0 Å². The number of ether oxygens (including phenoxy) is 2. The number of amides is 1. The minimum Gasteiger partial charge on any atom is -0.493 e. The van der Waals surface area contributed by atoms with Crippen LogP contribution in [0.25, 0.3) is 6.08 Å². The predicted octanol–water partition coefficient (Wildman–Crippen LogP) is 5.21. The molecule has 2 heterocycles. The van der Waals surface area contributed by atoms with Crippen molar-refractivity contribution >= 4 is 12.0 Å². The number of likely N-dealkylation sites (tertiary alicyclic amines) is 1. The summed E-state index contributed by atoms with van der Waals surface area (Å²) in [6.07, 6.45) is 2.98. The van der Waals surface area contributed by atoms with Crippen molar-refractivity contribution in [3.05, 3.63) is 64.7 Å². The van der Waals surface area contributed by atoms with Gasteiger partial charge in [-0.05, 0) is 93.3 Å². The summed E-state index contributed by atoms with van der Waals surface area (Å²) >= 11 is 0. The van der Waals surface area contributed by atoms with E-state index in [1.807, 2.05) is 13.0 Å². The molecule has 9 heteroatoms. The van der Waals surface area contributed by atoms with Crippen molar-refractivity contribution < 1.29 is 32.5 Å². The van der Waals surface area contributed by atoms with Crippen LogP contribution in [-0.2, 0) is 22.8 Å². The van der Waals surface area contributed by atoms with Gasteiger partial charge in [0.1, 0.15) is 6.10 Å². The highest BCUT2D eigenvalue weighted by Gasteiger charge is 2.73. The number of carbonyl (C=O) groups excluding carboxylic acids is 1. The van der Waals surface area contributed by atoms with Crippen molar-refractivity contribution in [1.29, 1.82) is 0 Å². The average Bonchev–Trinajstić information content (AvgIpc) is 3.71. The number of methoxy groups -OCH3 is 1. The van der Waals surface area contributed by atoms with Gasteiger partial charge in [-0.1, -0.05) is 18.2 Å². The molecule has 0 radical (unpaired) electrons. The Hall–Kier alpha value is -3.04. The minimum absolute atomic E-state index is 0.0164. The molecule has 5 atom stereocenters. The Morgan fingerprint density at radius 2 is 2.02 bits per heavy atom. The number of hydrogen-bond acceptors (Lipinski definition) is 5. The van der Waals surface area contributed by atoms with Gasteiger partial charge in [0, 0.05) is 30.8 Å². The third kappa shape index (κ3) is 4.03. The third-order valence-corrected chi connectivity index (χ3v) is 10.6. The van der Waals surface area contributed by atoms with E-state index >= 15 is 0 Å². The molecule has 6 nitrogen and oxygen atoms in total. The number of benzene rings is 2. The van der Waals surface area contributed by atoms with E-state index in [4.69, 9.17) is 9.47 Å². The largest absolute Gasteiger partial charge is 0.493 e. The predicted molar refractivity (Wildman–Crippen MR) is 151 cm³/mol. The molecular formula is C33H37F3N2O4. The third-order valence-electron chi connectivity index (χ3n) is 10.6. The Morgan fingerprint density at radius 1 is 1.21 bits per heavy atom. The number of carbonyl (C=O) groups is 1. The summed E-state index contributed by atoms with van der Waals surface area (Å²) in [5.74, 6) is 1.74. The van der Waals surface area contributed by atoms with Crippen LogP contribution >= 0.6 is 0 Å². The van der Waals surface area contributed by atoms with Crippen LogP contribution in [0.1, 0.15) is 61.3 Å². The summed E-state index contributed by atoms with van der Waals surface area (Å²) in [5, 5.41) is 12.8. The molecule has 1 saturated heterocycles. The van der Waals surface area contributed by atoms with Crippen LogP contribution in [0.4, 0.5) is 13.2 Å². The number of nitrogens with zero attached hydrogens (tertiary/aromatic N) is 2. The quantitative estimate of drug-likeness (QED) is 0.455. The van der Waals surface area contributed by atoms with Crippen LogP contribution < -0.4 is 9.47 Å². The fourth-order valence-electron chi connectivity index (χ4n) is 8.56. The molecule has 3 fully saturated rings. The number of piperidine rings is 1. The van der Waals surface area contributed by atoms with E-state index in [2.05, 4.69) is 11.0 Å². The van der Waals surface area contributed by atoms with E-state index in [1.54, 1.807) is 18.1 Å². The van der Waals surface area contributed by atoms with E-state index in [1.165, 1.54) is 36.6 Å². The van der Waals surface area contributed by atoms with Crippen LogP contribution in [0.15, 0.2) is 42.5 Å². The lowest BCUT2D eigenvalue weighted by molar-refractivity contribution is -0.201. The molecule has 7 rings (SSSR count). The molecule has 5 aliphatic rings. The lowest BCUT2D eigenvalue weighted by Crippen LogP contribution is -2.78. The van der Waals surface area contributed by atoms with Gasteiger partial charge in [0.25, 0.3) is 0 Å². The fourth-order valence-corrected chi connectivity index (χ4v) is 8.56. The lowest BCUT2D eigenvalue weighted by atomic mass is 9.48. The molecule has 0 unspecified atom stereocenters. The molecule has 2 aromatic carbocycles. The van der Waals surface area contributed by atoms with Gasteiger partial charge in [-0.3, -0.25) is 9.69 Å². The Labute approximate surface area is 244 Å². The number of alkyl halides is 3. The van der Waals surface area contributed by atoms with Crippen molar-refractivity contribution in [3.63, 3.8) is 0 Å². The first kappa shape index (κ1) is 27.8. The fraction of sp³-hybridized carbons (Fsp3) is 0.545. The van der Waals surface area contributed by atoms with Gasteiger partial charge in [0.15, 0.2) is 11.5 Å². The van der Waals surface area contributed by atoms with Gasteiger partial charge >= 0.3 is 6.18 Å². The molecule has 224 valence electrons. The highest BCUT2D eigenvalue weighted by molar-refractivity contribution is 5.92. The molecule has 0 aromatic heterocycles. The molecule has 2 aromatic rings. The van der Waals surface area contributed by atoms with Crippen LogP contribution in [0.2, 0.25) is 0 Å². The van der Waals surface area contributed by atoms with Gasteiger partial charge in [-0.15, -0.1) is 0 Å². The number of hydrogen-bond donors (Lipinski definition) is 1. The smallest absolute Gasteiger partial charge is 0.416 e. The molecule has 1 N–H and O–H groups in total. The SMILES string of the molecule is CCN(C(=O)C=Cc1cccc(C(F)(F)F)c1)[C@@H]1CC[C@@]2(O)[C@H]3Cc4ccc(OC)c5c4[C@@]2(CCN3CC2CC2)[C@H]1O5. The summed E-state index contributed by atoms with van der Waals surface area (Å²) in [4.78, 5) is 17.9. The first-order valence-corrected chi connectivity index (χ1v) is 15.1. The molecule has 1 spiro atoms. The minimum atomic E-state index is -4.46. The Kier molecular flexibility index (Phi) is 6.44. The van der Waals surface area contributed by atoms with Crippen LogP contribution in [0.3, 0.4) is 0 Å². The summed E-state index contributed by atoms with van der Waals surface area (Å²) in [5.41, 5.74) is 0.116. The number of likely N-dealkylation sites (N-methyl/N-ethyl adjacent to an activating group) is 1. The first-order chi connectivity index (χ1) is 20.1. The van der Waals surface area contributed by atoms with E-state index in [9.17, 15) is 23.1 Å². The van der Waals surface area contributed by atoms with Crippen molar-refractivity contribution in [1.82, 2.24) is 9.80 Å². The lowest BCUT2D eigenvalue weighted by Gasteiger charge is -2.64. The molecule has 1 amide bonds. The molecule has 2 saturated carbocycles. The van der Waals surface area contributed by atoms with Gasteiger partial charge in [-0.2, -0.15) is 13.2 Å². The number of halogens is 3. The van der Waals surface area contributed by atoms with Gasteiger partial charge in [0.05, 0.1) is 29.7 Å². The monoisotopic (exact) mass is 582 g/mol. The van der Waals surface area contributed by atoms with E-state index in [-0.39, 0.29) is 18.0 Å². The van der Waals surface area contributed by atoms with Crippen molar-refractivity contribution in [2.75, 3.05) is 26.7 Å². The Morgan fingerprint density at radius 3 is 2.74 bits per heavy atom. The summed E-state index contributed by atoms with van der Waals surface area (Å²) in [7, 11) is 1.62. The van der Waals surface area contributed by atoms with Crippen molar-refractivity contribution in [2.24, 2.45) is 5.92 Å². The molecular weight excluding hydrogens is 545 g/mol. The molecule has 2 aliphatic heterocycles. The second-order valence-electron chi connectivity index (χ2n) is 12.7. The second-order valence-corrected chi connectivity index (χ2v) is 12.7. The zero-order chi connectivity index (χ0) is 29.4. The van der Waals surface area contributed by atoms with E-state index in [0.717, 1.165) is 43.6 Å². The first-order valence-electron chi connectivity index (χ1n) is 15.1. The molecule has 3 aliphatic carbocycles. The highest BCUT2D eigenvalue weighted by atomic mass is 19.4. The van der Waals surface area contributed by atoms with E-state index < -0.39 is 28.9 Å². The Balaban J connectivity index is 1.24. The maximum Gasteiger partial charge on any atom is 0.416 e. The second kappa shape index (κ2) is 9.74. The van der Waals surface area contributed by atoms with Crippen molar-refractivity contribution in [3.8, 4) is 11.5 Å². The van der Waals surface area contributed by atoms with Gasteiger partial charge in [0.2, 0.25) is 5.91 Å². The van der Waals surface area contributed by atoms with Gasteiger partial charge < -0.3 is 19.5 Å². The number of rotatable bonds is 7. The standard InChI is InChI=1S/C33H37F3N2O4/c1-3-38(27(39)12-9-20-5-4-6-23(17-20)33(34,35)36)24-13-14-32(40)26-18-22-10-11-25(41-2)29-28(22)31(32,30(24)42-29)15-16-37(26)19-21-7-8-21/h4-6,9-12,17,21,24,26,30,40H,3,7-8,13-16,18-19H2,1-2H3/t24-,26-,30+,31+,32-/m1/s1. The van der Waals surface area contributed by atoms with E-state index in [0.29, 0.717) is 42.4 Å². The van der Waals surface area contributed by atoms with Crippen LogP contribution in [0.5, 0.6) is 11.5 Å². The summed E-state index contributed by atoms with van der Waals surface area (Å²) < 4.78 is 52.2. The topological polar surface area (TPSA) is 62.2 Å². The maximum atomic E-state index is 13.7. The normalized spacial score (nSPS) is 31.5. The van der Waals surface area contributed by atoms with Crippen molar-refractivity contribution in [2.45, 2.75) is 80.8 Å². The average molecular weight is 583 g/mol. The zero-order valence-electron chi connectivity index (χ0n) is 24.0. The van der Waals surface area contributed by atoms with Crippen LogP contribution in [-0.4, -0.2) is 71.3 Å². The molecule has 2 bridgehead atoms. The summed E-state index contributed by atoms with van der Waals surface area (Å²) in [6.45, 7) is 4.19. The number of aliphatic hydroxyl groups is 1. The maximum absolute atomic E-state index is 13.7. The van der Waals surface area contributed by atoms with Crippen LogP contribution in [0, 0.1) is 5.92 Å². The molecule has 42 heavy (non-hydrogen) atoms. The zero-order valence-corrected chi connectivity index (χ0v) is 24.0. The summed E-state index contributed by atoms with van der Waals surface area (Å²) in [6, 6.07) is 8.69. The highest BCUT2D eigenvalue weighted by Crippen LogP contribution is 2.66.